The number of aromatic amines is 1. The van der Waals surface area contributed by atoms with Gasteiger partial charge in [0.2, 0.25) is 17.6 Å². The monoisotopic (exact) mass is 603 g/mol. The summed E-state index contributed by atoms with van der Waals surface area (Å²) >= 11 is 6.26. The van der Waals surface area contributed by atoms with Crippen molar-refractivity contribution >= 4 is 28.7 Å². The molecule has 0 spiro atoms. The first-order chi connectivity index (χ1) is 20.9. The van der Waals surface area contributed by atoms with Crippen LogP contribution in [0, 0.1) is 17.7 Å². The molecule has 1 atom stereocenters. The van der Waals surface area contributed by atoms with Gasteiger partial charge in [0.1, 0.15) is 17.0 Å². The van der Waals surface area contributed by atoms with Gasteiger partial charge >= 0.3 is 5.76 Å². The number of imidazole rings is 1. The fraction of sp³-hybridized carbons (Fsp3) is 0.387. The Hall–Kier alpha value is -4.09. The van der Waals surface area contributed by atoms with Crippen LogP contribution in [0.2, 0.25) is 5.02 Å². The third kappa shape index (κ3) is 5.43. The first-order valence-electron chi connectivity index (χ1n) is 14.6. The summed E-state index contributed by atoms with van der Waals surface area (Å²) in [6.45, 7) is 4.76. The number of H-pyrrole nitrogens is 1. The van der Waals surface area contributed by atoms with Crippen LogP contribution in [0.4, 0.5) is 10.3 Å². The average Bonchev–Trinajstić information content (AvgIpc) is 3.63. The molecule has 222 valence electrons. The van der Waals surface area contributed by atoms with Gasteiger partial charge in [-0.15, -0.1) is 0 Å². The SMILES string of the molecule is C[C@H]1CC[C@H](Cn2c(N3CCOC[C@H]3c3ccccc3)nc3nc(-c4noc(=O)[nH]4)nc(-c4ccc(F)c(Cl)c4)c32)CC1. The van der Waals surface area contributed by atoms with Gasteiger partial charge in [-0.2, -0.15) is 4.98 Å². The number of aromatic nitrogens is 6. The third-order valence-electron chi connectivity index (χ3n) is 8.57. The van der Waals surface area contributed by atoms with Crippen LogP contribution in [0.25, 0.3) is 34.1 Å². The van der Waals surface area contributed by atoms with Crippen LogP contribution < -0.4 is 10.7 Å². The largest absolute Gasteiger partial charge is 0.439 e. The highest BCUT2D eigenvalue weighted by Crippen LogP contribution is 2.39. The van der Waals surface area contributed by atoms with Crippen LogP contribution in [0.1, 0.15) is 44.2 Å². The summed E-state index contributed by atoms with van der Waals surface area (Å²) in [7, 11) is 0. The molecule has 4 heterocycles. The van der Waals surface area contributed by atoms with Crippen molar-refractivity contribution in [3.63, 3.8) is 0 Å². The van der Waals surface area contributed by atoms with Crippen molar-refractivity contribution in [1.82, 2.24) is 29.7 Å². The van der Waals surface area contributed by atoms with E-state index in [-0.39, 0.29) is 22.7 Å². The van der Waals surface area contributed by atoms with E-state index in [0.29, 0.717) is 54.0 Å². The molecule has 0 bridgehead atoms. The van der Waals surface area contributed by atoms with Crippen molar-refractivity contribution in [3.8, 4) is 22.9 Å². The van der Waals surface area contributed by atoms with E-state index in [2.05, 4.69) is 38.7 Å². The number of fused-ring (bicyclic) bond motifs is 1. The fourth-order valence-corrected chi connectivity index (χ4v) is 6.44. The summed E-state index contributed by atoms with van der Waals surface area (Å²) in [5.41, 5.74) is 3.38. The lowest BCUT2D eigenvalue weighted by Crippen LogP contribution is -2.41. The van der Waals surface area contributed by atoms with E-state index in [1.165, 1.54) is 18.9 Å². The average molecular weight is 604 g/mol. The molecule has 1 saturated heterocycles. The zero-order valence-corrected chi connectivity index (χ0v) is 24.4. The molecule has 10 nitrogen and oxygen atoms in total. The lowest BCUT2D eigenvalue weighted by Gasteiger charge is -2.37. The highest BCUT2D eigenvalue weighted by Gasteiger charge is 2.32. The summed E-state index contributed by atoms with van der Waals surface area (Å²) in [5.74, 6) is 0.887. The number of benzene rings is 2. The molecule has 0 unspecified atom stereocenters. The summed E-state index contributed by atoms with van der Waals surface area (Å²) < 4.78 is 27.2. The Morgan fingerprint density at radius 3 is 2.63 bits per heavy atom. The Morgan fingerprint density at radius 2 is 1.88 bits per heavy atom. The van der Waals surface area contributed by atoms with E-state index >= 15 is 0 Å². The van der Waals surface area contributed by atoms with E-state index in [4.69, 9.17) is 35.8 Å². The van der Waals surface area contributed by atoms with Crippen molar-refractivity contribution < 1.29 is 13.7 Å². The van der Waals surface area contributed by atoms with E-state index in [9.17, 15) is 9.18 Å². The summed E-state index contributed by atoms with van der Waals surface area (Å²) in [5, 5.41) is 3.79. The lowest BCUT2D eigenvalue weighted by molar-refractivity contribution is 0.0927. The lowest BCUT2D eigenvalue weighted by atomic mass is 9.83. The second kappa shape index (κ2) is 11.5. The molecule has 43 heavy (non-hydrogen) atoms. The highest BCUT2D eigenvalue weighted by molar-refractivity contribution is 6.31. The molecule has 5 aromatic rings. The molecule has 3 aromatic heterocycles. The van der Waals surface area contributed by atoms with Gasteiger partial charge in [0.05, 0.1) is 24.3 Å². The zero-order chi connectivity index (χ0) is 29.5. The van der Waals surface area contributed by atoms with Gasteiger partial charge in [-0.25, -0.2) is 19.2 Å². The van der Waals surface area contributed by atoms with Crippen LogP contribution in [-0.2, 0) is 11.3 Å². The van der Waals surface area contributed by atoms with Crippen molar-refractivity contribution in [2.75, 3.05) is 24.7 Å². The molecule has 1 saturated carbocycles. The Morgan fingerprint density at radius 1 is 1.07 bits per heavy atom. The third-order valence-corrected chi connectivity index (χ3v) is 8.86. The van der Waals surface area contributed by atoms with Crippen LogP contribution in [0.5, 0.6) is 0 Å². The van der Waals surface area contributed by atoms with Gasteiger partial charge in [-0.05, 0) is 48.4 Å². The number of morpholine rings is 1. The number of anilines is 1. The van der Waals surface area contributed by atoms with Crippen LogP contribution in [0.3, 0.4) is 0 Å². The van der Waals surface area contributed by atoms with Crippen molar-refractivity contribution in [1.29, 1.82) is 0 Å². The predicted molar refractivity (Wildman–Crippen MR) is 160 cm³/mol. The first-order valence-corrected chi connectivity index (χ1v) is 15.0. The number of halogens is 2. The molecule has 12 heteroatoms. The minimum atomic E-state index is -0.721. The minimum absolute atomic E-state index is 0.0227. The van der Waals surface area contributed by atoms with Gasteiger partial charge < -0.3 is 14.2 Å². The standard InChI is InChI=1S/C31H31ClFN7O3/c1-18-7-9-19(10-8-18)16-40-26-25(21-11-12-23(33)22(32)15-21)34-28(29-37-31(41)43-38-29)35-27(26)36-30(40)39-13-14-42-17-24(39)20-5-3-2-4-6-20/h2-6,11-12,15,18-19,24H,7-10,13-14,16-17H2,1H3,(H,37,38,41)/t18-,19-,24-/m0/s1. The Balaban J connectivity index is 1.46. The fourth-order valence-electron chi connectivity index (χ4n) is 6.26. The minimum Gasteiger partial charge on any atom is -0.377 e. The molecule has 1 aliphatic carbocycles. The van der Waals surface area contributed by atoms with Gasteiger partial charge in [-0.3, -0.25) is 9.51 Å². The van der Waals surface area contributed by atoms with Crippen LogP contribution in [-0.4, -0.2) is 49.4 Å². The molecule has 7 rings (SSSR count). The van der Waals surface area contributed by atoms with Crippen LogP contribution in [0.15, 0.2) is 57.8 Å². The quantitative estimate of drug-likeness (QED) is 0.250. The maximum Gasteiger partial charge on any atom is 0.439 e. The normalized spacial score (nSPS) is 21.0. The smallest absolute Gasteiger partial charge is 0.377 e. The maximum atomic E-state index is 14.3. The van der Waals surface area contributed by atoms with E-state index in [1.54, 1.807) is 12.1 Å². The summed E-state index contributed by atoms with van der Waals surface area (Å²) in [6, 6.07) is 14.7. The number of nitrogens with one attached hydrogen (secondary N) is 1. The molecule has 2 aliphatic rings. The number of ether oxygens (including phenoxy) is 1. The highest BCUT2D eigenvalue weighted by atomic mass is 35.5. The zero-order valence-electron chi connectivity index (χ0n) is 23.7. The first kappa shape index (κ1) is 27.7. The Bertz CT molecular complexity index is 1810. The molecule has 0 radical (unpaired) electrons. The number of nitrogens with zero attached hydrogens (tertiary/aromatic N) is 6. The molecule has 2 fully saturated rings. The molecule has 0 amide bonds. The molecule has 1 aliphatic heterocycles. The number of rotatable bonds is 6. The molecular formula is C31H31ClFN7O3. The van der Waals surface area contributed by atoms with Crippen molar-refractivity contribution in [3.05, 3.63) is 75.5 Å². The topological polar surface area (TPSA) is 115 Å². The summed E-state index contributed by atoms with van der Waals surface area (Å²) in [6.07, 6.45) is 4.58. The summed E-state index contributed by atoms with van der Waals surface area (Å²) in [4.78, 5) is 31.4. The molecule has 1 N–H and O–H groups in total. The van der Waals surface area contributed by atoms with Crippen LogP contribution >= 0.6 is 11.6 Å². The maximum absolute atomic E-state index is 14.3. The second-order valence-electron chi connectivity index (χ2n) is 11.5. The second-order valence-corrected chi connectivity index (χ2v) is 11.9. The van der Waals surface area contributed by atoms with Gasteiger partial charge in [0.15, 0.2) is 5.65 Å². The Kier molecular flexibility index (Phi) is 7.44. The van der Waals surface area contributed by atoms with Gasteiger partial charge in [-0.1, -0.05) is 66.9 Å². The number of hydrogen-bond donors (Lipinski definition) is 1. The van der Waals surface area contributed by atoms with E-state index in [0.717, 1.165) is 30.9 Å². The van der Waals surface area contributed by atoms with Crippen molar-refractivity contribution in [2.24, 2.45) is 11.8 Å². The van der Waals surface area contributed by atoms with Gasteiger partial charge in [0.25, 0.3) is 0 Å². The molecular weight excluding hydrogens is 573 g/mol. The molecule has 2 aromatic carbocycles. The predicted octanol–water partition coefficient (Wildman–Crippen LogP) is 6.03. The van der Waals surface area contributed by atoms with Gasteiger partial charge in [0, 0.05) is 18.7 Å². The van der Waals surface area contributed by atoms with E-state index in [1.807, 2.05) is 18.2 Å². The van der Waals surface area contributed by atoms with Crippen molar-refractivity contribution in [2.45, 2.75) is 45.2 Å². The number of hydrogen-bond acceptors (Lipinski definition) is 8. The van der Waals surface area contributed by atoms with E-state index < -0.39 is 11.6 Å². The Labute approximate surface area is 251 Å².